The van der Waals surface area contributed by atoms with Crippen LogP contribution in [-0.2, 0) is 0 Å². The lowest BCUT2D eigenvalue weighted by Crippen LogP contribution is -1.87. The number of rotatable bonds is 2. The van der Waals surface area contributed by atoms with Gasteiger partial charge in [0.2, 0.25) is 0 Å². The number of hydrogen-bond donors (Lipinski definition) is 1. The van der Waals surface area contributed by atoms with Gasteiger partial charge >= 0.3 is 0 Å². The average Bonchev–Trinajstić information content (AvgIpc) is 3.07. The van der Waals surface area contributed by atoms with Gasteiger partial charge in [0.15, 0.2) is 0 Å². The first-order valence-corrected chi connectivity index (χ1v) is 6.97. The van der Waals surface area contributed by atoms with Gasteiger partial charge in [0.1, 0.15) is 16.5 Å². The highest BCUT2D eigenvalue weighted by molar-refractivity contribution is 9.10. The summed E-state index contributed by atoms with van der Waals surface area (Å²) in [4.78, 5) is 4.56. The SMILES string of the molecule is Nc1sc(C2CC2)nc1-c1ccc(F)c(Br)c1. The molecular formula is C12H10BrFN2S. The van der Waals surface area contributed by atoms with Crippen LogP contribution in [0.25, 0.3) is 11.3 Å². The minimum atomic E-state index is -0.273. The number of hydrogen-bond acceptors (Lipinski definition) is 3. The van der Waals surface area contributed by atoms with Crippen LogP contribution in [0.1, 0.15) is 23.8 Å². The minimum Gasteiger partial charge on any atom is -0.389 e. The number of nitrogens with two attached hydrogens (primary N) is 1. The van der Waals surface area contributed by atoms with E-state index in [4.69, 9.17) is 5.73 Å². The summed E-state index contributed by atoms with van der Waals surface area (Å²) >= 11 is 4.72. The molecule has 0 bridgehead atoms. The number of anilines is 1. The Hall–Kier alpha value is -0.940. The molecular weight excluding hydrogens is 303 g/mol. The molecule has 0 amide bonds. The van der Waals surface area contributed by atoms with Crippen molar-refractivity contribution in [1.29, 1.82) is 0 Å². The number of thiazole rings is 1. The van der Waals surface area contributed by atoms with Crippen LogP contribution in [0.2, 0.25) is 0 Å². The van der Waals surface area contributed by atoms with Crippen LogP contribution in [-0.4, -0.2) is 4.98 Å². The van der Waals surface area contributed by atoms with Crippen molar-refractivity contribution in [1.82, 2.24) is 4.98 Å². The van der Waals surface area contributed by atoms with Crippen LogP contribution >= 0.6 is 27.3 Å². The van der Waals surface area contributed by atoms with Crippen molar-refractivity contribution in [3.63, 3.8) is 0 Å². The number of benzene rings is 1. The zero-order valence-electron chi connectivity index (χ0n) is 8.91. The fourth-order valence-corrected chi connectivity index (χ4v) is 3.11. The van der Waals surface area contributed by atoms with Gasteiger partial charge in [0.05, 0.1) is 9.48 Å². The Balaban J connectivity index is 2.04. The highest BCUT2D eigenvalue weighted by Crippen LogP contribution is 2.45. The monoisotopic (exact) mass is 312 g/mol. The first-order chi connectivity index (χ1) is 8.15. The van der Waals surface area contributed by atoms with Crippen LogP contribution < -0.4 is 5.73 Å². The van der Waals surface area contributed by atoms with Gasteiger partial charge < -0.3 is 5.73 Å². The Morgan fingerprint density at radius 2 is 2.18 bits per heavy atom. The largest absolute Gasteiger partial charge is 0.389 e. The molecule has 0 aliphatic heterocycles. The molecule has 2 aromatic rings. The molecule has 2 N–H and O–H groups in total. The third-order valence-corrected chi connectivity index (χ3v) is 4.44. The molecule has 1 saturated carbocycles. The van der Waals surface area contributed by atoms with Crippen molar-refractivity contribution >= 4 is 32.3 Å². The Kier molecular flexibility index (Phi) is 2.67. The van der Waals surface area contributed by atoms with E-state index in [0.29, 0.717) is 15.4 Å². The molecule has 1 aromatic heterocycles. The third-order valence-electron chi connectivity index (χ3n) is 2.79. The van der Waals surface area contributed by atoms with Crippen LogP contribution in [0, 0.1) is 5.82 Å². The predicted octanol–water partition coefficient (Wildman–Crippen LogP) is 4.17. The molecule has 0 spiro atoms. The maximum Gasteiger partial charge on any atom is 0.137 e. The van der Waals surface area contributed by atoms with Gasteiger partial charge in [-0.2, -0.15) is 0 Å². The minimum absolute atomic E-state index is 0.273. The lowest BCUT2D eigenvalue weighted by molar-refractivity contribution is 0.621. The van der Waals surface area contributed by atoms with E-state index in [2.05, 4.69) is 20.9 Å². The summed E-state index contributed by atoms with van der Waals surface area (Å²) in [7, 11) is 0. The first-order valence-electron chi connectivity index (χ1n) is 5.37. The van der Waals surface area contributed by atoms with E-state index >= 15 is 0 Å². The zero-order valence-corrected chi connectivity index (χ0v) is 11.3. The maximum absolute atomic E-state index is 13.2. The molecule has 0 unspecified atom stereocenters. The summed E-state index contributed by atoms with van der Waals surface area (Å²) in [6.45, 7) is 0. The molecule has 5 heteroatoms. The Morgan fingerprint density at radius 1 is 1.41 bits per heavy atom. The molecule has 1 aliphatic carbocycles. The number of halogens is 2. The van der Waals surface area contributed by atoms with Gasteiger partial charge in [-0.3, -0.25) is 0 Å². The fourth-order valence-electron chi connectivity index (χ4n) is 1.70. The van der Waals surface area contributed by atoms with Crippen LogP contribution in [0.5, 0.6) is 0 Å². The van der Waals surface area contributed by atoms with Gasteiger partial charge in [-0.15, -0.1) is 11.3 Å². The van der Waals surface area contributed by atoms with Crippen molar-refractivity contribution in [2.24, 2.45) is 0 Å². The number of nitrogen functional groups attached to an aromatic ring is 1. The molecule has 1 fully saturated rings. The second-order valence-electron chi connectivity index (χ2n) is 4.17. The molecule has 0 saturated heterocycles. The van der Waals surface area contributed by atoms with Crippen LogP contribution in [0.15, 0.2) is 22.7 Å². The summed E-state index contributed by atoms with van der Waals surface area (Å²) < 4.78 is 13.6. The molecule has 0 atom stereocenters. The molecule has 1 aromatic carbocycles. The van der Waals surface area contributed by atoms with E-state index < -0.39 is 0 Å². The maximum atomic E-state index is 13.2. The summed E-state index contributed by atoms with van der Waals surface area (Å²) in [6, 6.07) is 4.86. The van der Waals surface area contributed by atoms with E-state index in [1.54, 1.807) is 23.5 Å². The van der Waals surface area contributed by atoms with Crippen molar-refractivity contribution in [3.8, 4) is 11.3 Å². The molecule has 17 heavy (non-hydrogen) atoms. The van der Waals surface area contributed by atoms with Gasteiger partial charge in [0.25, 0.3) is 0 Å². The molecule has 1 aliphatic rings. The van der Waals surface area contributed by atoms with Gasteiger partial charge in [-0.05, 0) is 47.0 Å². The third kappa shape index (κ3) is 2.09. The standard InChI is InChI=1S/C12H10BrFN2S/c13-8-5-7(3-4-9(8)14)10-11(15)17-12(16-10)6-1-2-6/h3-6H,1-2,15H2. The highest BCUT2D eigenvalue weighted by Gasteiger charge is 2.28. The van der Waals surface area contributed by atoms with Gasteiger partial charge in [0, 0.05) is 11.5 Å². The van der Waals surface area contributed by atoms with E-state index in [0.717, 1.165) is 16.3 Å². The summed E-state index contributed by atoms with van der Waals surface area (Å²) in [5.74, 6) is 0.324. The quantitative estimate of drug-likeness (QED) is 0.903. The van der Waals surface area contributed by atoms with Crippen molar-refractivity contribution in [3.05, 3.63) is 33.5 Å². The topological polar surface area (TPSA) is 38.9 Å². The van der Waals surface area contributed by atoms with Crippen LogP contribution in [0.4, 0.5) is 9.39 Å². The number of aromatic nitrogens is 1. The van der Waals surface area contributed by atoms with Gasteiger partial charge in [-0.25, -0.2) is 9.37 Å². The van der Waals surface area contributed by atoms with Crippen LogP contribution in [0.3, 0.4) is 0 Å². The van der Waals surface area contributed by atoms with E-state index in [1.165, 1.54) is 18.9 Å². The van der Waals surface area contributed by atoms with Crippen molar-refractivity contribution in [2.45, 2.75) is 18.8 Å². The summed E-state index contributed by atoms with van der Waals surface area (Å²) in [5, 5.41) is 1.82. The van der Waals surface area contributed by atoms with Crippen molar-refractivity contribution in [2.75, 3.05) is 5.73 Å². The molecule has 1 heterocycles. The van der Waals surface area contributed by atoms with Crippen molar-refractivity contribution < 1.29 is 4.39 Å². The van der Waals surface area contributed by atoms with E-state index in [9.17, 15) is 4.39 Å². The highest BCUT2D eigenvalue weighted by atomic mass is 79.9. The summed E-state index contributed by atoms with van der Waals surface area (Å²) in [6.07, 6.45) is 2.42. The molecule has 2 nitrogen and oxygen atoms in total. The molecule has 3 rings (SSSR count). The Bertz CT molecular complexity index is 578. The Labute approximate surface area is 111 Å². The Morgan fingerprint density at radius 3 is 2.82 bits per heavy atom. The van der Waals surface area contributed by atoms with E-state index in [-0.39, 0.29) is 5.82 Å². The normalized spacial score (nSPS) is 15.2. The van der Waals surface area contributed by atoms with Gasteiger partial charge in [-0.1, -0.05) is 0 Å². The smallest absolute Gasteiger partial charge is 0.137 e. The fraction of sp³-hybridized carbons (Fsp3) is 0.250. The zero-order chi connectivity index (χ0) is 12.0. The average molecular weight is 313 g/mol. The lowest BCUT2D eigenvalue weighted by Gasteiger charge is -2.00. The van der Waals surface area contributed by atoms with E-state index in [1.807, 2.05) is 0 Å². The molecule has 88 valence electrons. The second kappa shape index (κ2) is 4.07. The first kappa shape index (κ1) is 11.2. The molecule has 0 radical (unpaired) electrons. The second-order valence-corrected chi connectivity index (χ2v) is 6.08. The summed E-state index contributed by atoms with van der Waals surface area (Å²) in [5.41, 5.74) is 7.61. The number of nitrogens with zero attached hydrogens (tertiary/aromatic N) is 1. The lowest BCUT2D eigenvalue weighted by atomic mass is 10.1. The predicted molar refractivity (Wildman–Crippen MR) is 71.6 cm³/mol.